The third kappa shape index (κ3) is 12.4. The second kappa shape index (κ2) is 23.2. The summed E-state index contributed by atoms with van der Waals surface area (Å²) in [6.45, 7) is 4.09. The van der Waals surface area contributed by atoms with Crippen LogP contribution in [0, 0.1) is 5.82 Å². The van der Waals surface area contributed by atoms with E-state index in [0.717, 1.165) is 4.90 Å². The molecule has 3 heterocycles. The Morgan fingerprint density at radius 3 is 2.23 bits per heavy atom. The van der Waals surface area contributed by atoms with E-state index >= 15 is 0 Å². The van der Waals surface area contributed by atoms with Gasteiger partial charge in [0.1, 0.15) is 30.0 Å². The van der Waals surface area contributed by atoms with E-state index < -0.39 is 78.5 Å². The van der Waals surface area contributed by atoms with Gasteiger partial charge in [0.2, 0.25) is 11.8 Å². The highest BCUT2D eigenvalue weighted by molar-refractivity contribution is 6.24. The van der Waals surface area contributed by atoms with Gasteiger partial charge in [0.05, 0.1) is 54.2 Å². The normalized spacial score (nSPS) is 15.3. The van der Waals surface area contributed by atoms with Gasteiger partial charge in [-0.05, 0) is 97.0 Å². The van der Waals surface area contributed by atoms with Crippen molar-refractivity contribution in [1.29, 1.82) is 0 Å². The molecule has 1 unspecified atom stereocenters. The summed E-state index contributed by atoms with van der Waals surface area (Å²) in [5, 5.41) is 38.2. The number of carboxylic acid groups (broad SMARTS) is 1. The molecule has 4 aromatic carbocycles. The van der Waals surface area contributed by atoms with Gasteiger partial charge in [0.25, 0.3) is 23.6 Å². The number of ether oxygens (including phenoxy) is 3. The van der Waals surface area contributed by atoms with Gasteiger partial charge < -0.3 is 44.7 Å². The topological polar surface area (TPSA) is 252 Å². The molecule has 19 heteroatoms. The molecule has 0 spiro atoms. The van der Waals surface area contributed by atoms with E-state index in [0.29, 0.717) is 45.1 Å². The van der Waals surface area contributed by atoms with E-state index in [1.54, 1.807) is 60.7 Å². The van der Waals surface area contributed by atoms with Crippen LogP contribution in [-0.2, 0) is 30.5 Å². The van der Waals surface area contributed by atoms with Gasteiger partial charge in [-0.15, -0.1) is 0 Å². The highest BCUT2D eigenvalue weighted by Gasteiger charge is 2.46. The number of piperidine rings is 1. The van der Waals surface area contributed by atoms with Gasteiger partial charge in [-0.25, -0.2) is 4.39 Å². The van der Waals surface area contributed by atoms with Crippen LogP contribution in [0.1, 0.15) is 88.6 Å². The number of amides is 6. The maximum atomic E-state index is 14.5. The molecular formula is C52H54FN5O13. The number of carbonyl (C=O) groups excluding carboxylic acids is 6. The predicted molar refractivity (Wildman–Crippen MR) is 255 cm³/mol. The molecule has 1 aromatic heterocycles. The zero-order chi connectivity index (χ0) is 50.8. The molecule has 0 saturated carbocycles. The molecular weight excluding hydrogens is 922 g/mol. The Balaban J connectivity index is 0.985. The molecule has 71 heavy (non-hydrogen) atoms. The fraction of sp³-hybridized carbons (Fsp3) is 0.327. The summed E-state index contributed by atoms with van der Waals surface area (Å²) in [5.41, 5.74) is 3.87. The lowest BCUT2D eigenvalue weighted by Gasteiger charge is -2.27. The van der Waals surface area contributed by atoms with Gasteiger partial charge >= 0.3 is 5.97 Å². The molecule has 2 aliphatic rings. The molecule has 5 aromatic rings. The van der Waals surface area contributed by atoms with E-state index in [2.05, 4.69) is 16.0 Å². The number of aromatic nitrogens is 1. The number of nitrogens with zero attached hydrogens (tertiary/aromatic N) is 2. The lowest BCUT2D eigenvalue weighted by molar-refractivity contribution is -0.140. The minimum Gasteiger partial charge on any atom is -0.491 e. The van der Waals surface area contributed by atoms with Crippen LogP contribution in [0.4, 0.5) is 10.1 Å². The zero-order valence-electron chi connectivity index (χ0n) is 39.0. The van der Waals surface area contributed by atoms with Crippen LogP contribution in [0.5, 0.6) is 11.5 Å². The summed E-state index contributed by atoms with van der Waals surface area (Å²) in [5.74, 6) is -5.01. The first-order valence-electron chi connectivity index (χ1n) is 23.1. The number of anilines is 1. The monoisotopic (exact) mass is 975 g/mol. The number of para-hydroxylation sites is 1. The summed E-state index contributed by atoms with van der Waals surface area (Å²) < 4.78 is 33.6. The summed E-state index contributed by atoms with van der Waals surface area (Å²) in [7, 11) is 0. The van der Waals surface area contributed by atoms with Gasteiger partial charge in [-0.3, -0.25) is 43.8 Å². The maximum absolute atomic E-state index is 14.5. The lowest BCUT2D eigenvalue weighted by atomic mass is 9.94. The standard InChI is InChI=1S/C52H54FN5O13/c1-30(2)47-46(50(66)55-34-7-4-3-5-8-34)44(48(32-11-15-33(53)16-12-32)57(47)23-21-35(59)27-36(60)28-43(63)64)31-13-17-37(18-14-31)70-26-25-69-24-22-54-42(62)29-71-40-10-6-9-38-45(40)52(68)58(51(38)67)39-19-20-41(61)56-49(39)65/h3-18,30,35-36,39,59-60H,19-29H2,1-2H3,(H,54,62)(H,55,66)(H,63,64)(H,56,61,65)/t35-,36-,39?/m1/s1. The van der Waals surface area contributed by atoms with Crippen LogP contribution in [-0.4, -0.2) is 117 Å². The minimum atomic E-state index is -1.26. The van der Waals surface area contributed by atoms with Crippen molar-refractivity contribution in [1.82, 2.24) is 20.1 Å². The maximum Gasteiger partial charge on any atom is 0.305 e. The van der Waals surface area contributed by atoms with Crippen molar-refractivity contribution in [3.05, 3.63) is 125 Å². The number of carboxylic acids is 1. The fourth-order valence-electron chi connectivity index (χ4n) is 8.70. The largest absolute Gasteiger partial charge is 0.491 e. The molecule has 6 N–H and O–H groups in total. The average molecular weight is 976 g/mol. The Morgan fingerprint density at radius 1 is 0.817 bits per heavy atom. The van der Waals surface area contributed by atoms with Crippen molar-refractivity contribution < 1.29 is 67.5 Å². The van der Waals surface area contributed by atoms with Crippen LogP contribution < -0.4 is 25.4 Å². The second-order valence-corrected chi connectivity index (χ2v) is 17.3. The van der Waals surface area contributed by atoms with Gasteiger partial charge in [-0.2, -0.15) is 0 Å². The number of hydrogen-bond donors (Lipinski definition) is 6. The number of aliphatic carboxylic acids is 1. The molecule has 18 nitrogen and oxygen atoms in total. The Hall–Kier alpha value is -7.74. The van der Waals surface area contributed by atoms with Gasteiger partial charge in [0, 0.05) is 36.5 Å². The third-order valence-corrected chi connectivity index (χ3v) is 11.9. The molecule has 0 radical (unpaired) electrons. The van der Waals surface area contributed by atoms with Crippen LogP contribution >= 0.6 is 0 Å². The molecule has 2 aliphatic heterocycles. The fourth-order valence-corrected chi connectivity index (χ4v) is 8.70. The number of fused-ring (bicyclic) bond motifs is 1. The van der Waals surface area contributed by atoms with Crippen LogP contribution in [0.25, 0.3) is 22.4 Å². The van der Waals surface area contributed by atoms with Crippen LogP contribution in [0.2, 0.25) is 0 Å². The first kappa shape index (κ1) is 51.1. The van der Waals surface area contributed by atoms with Crippen molar-refractivity contribution in [3.63, 3.8) is 0 Å². The van der Waals surface area contributed by atoms with Crippen molar-refractivity contribution in [2.45, 2.75) is 76.7 Å². The SMILES string of the molecule is CC(C)c1c(C(=O)Nc2ccccc2)c(-c2ccc(OCCOCCNC(=O)COc3cccc4c3C(=O)N(C3CCC(=O)NC3=O)C4=O)cc2)c(-c2ccc(F)cc2)n1CC[C@@H](O)C[C@@H](O)CC(=O)O. The number of nitrogens with one attached hydrogen (secondary N) is 3. The average Bonchev–Trinajstić information content (AvgIpc) is 3.81. The van der Waals surface area contributed by atoms with E-state index in [1.807, 2.05) is 24.5 Å². The number of aliphatic hydroxyl groups is 2. The Bertz CT molecular complexity index is 2780. The number of halogens is 1. The second-order valence-electron chi connectivity index (χ2n) is 17.3. The molecule has 7 rings (SSSR count). The quantitative estimate of drug-likeness (QED) is 0.0359. The first-order valence-corrected chi connectivity index (χ1v) is 23.1. The smallest absolute Gasteiger partial charge is 0.305 e. The first-order chi connectivity index (χ1) is 34.1. The Kier molecular flexibility index (Phi) is 16.7. The lowest BCUT2D eigenvalue weighted by Crippen LogP contribution is -2.54. The van der Waals surface area contributed by atoms with E-state index in [-0.39, 0.29) is 81.4 Å². The van der Waals surface area contributed by atoms with E-state index in [1.165, 1.54) is 30.3 Å². The highest BCUT2D eigenvalue weighted by atomic mass is 19.1. The molecule has 3 atom stereocenters. The van der Waals surface area contributed by atoms with E-state index in [9.17, 15) is 48.2 Å². The third-order valence-electron chi connectivity index (χ3n) is 11.9. The van der Waals surface area contributed by atoms with Crippen LogP contribution in [0.15, 0.2) is 97.1 Å². The summed E-state index contributed by atoms with van der Waals surface area (Å²) in [4.78, 5) is 89.6. The number of aliphatic hydroxyl groups excluding tert-OH is 2. The van der Waals surface area contributed by atoms with Crippen molar-refractivity contribution in [2.75, 3.05) is 38.3 Å². The van der Waals surface area contributed by atoms with Crippen molar-refractivity contribution in [3.8, 4) is 33.9 Å². The molecule has 0 bridgehead atoms. The number of imide groups is 2. The molecule has 0 aliphatic carbocycles. The van der Waals surface area contributed by atoms with Crippen molar-refractivity contribution in [2.24, 2.45) is 0 Å². The highest BCUT2D eigenvalue weighted by Crippen LogP contribution is 2.43. The molecule has 1 fully saturated rings. The summed E-state index contributed by atoms with van der Waals surface area (Å²) in [6.07, 6.45) is -2.96. The molecule has 372 valence electrons. The van der Waals surface area contributed by atoms with Crippen LogP contribution in [0.3, 0.4) is 0 Å². The summed E-state index contributed by atoms with van der Waals surface area (Å²) in [6, 6.07) is 25.1. The van der Waals surface area contributed by atoms with E-state index in [4.69, 9.17) is 19.3 Å². The van der Waals surface area contributed by atoms with Gasteiger partial charge in [-0.1, -0.05) is 50.2 Å². The number of hydrogen-bond acceptors (Lipinski definition) is 12. The molecule has 6 amide bonds. The van der Waals surface area contributed by atoms with Crippen molar-refractivity contribution >= 4 is 47.1 Å². The Morgan fingerprint density at radius 2 is 1.54 bits per heavy atom. The summed E-state index contributed by atoms with van der Waals surface area (Å²) >= 11 is 0. The minimum absolute atomic E-state index is 0.00185. The number of carbonyl (C=O) groups is 7. The molecule has 1 saturated heterocycles. The number of rotatable bonds is 23. The predicted octanol–water partition coefficient (Wildman–Crippen LogP) is 5.31. The van der Waals surface area contributed by atoms with Gasteiger partial charge in [0.15, 0.2) is 6.61 Å². The number of benzene rings is 4. The zero-order valence-corrected chi connectivity index (χ0v) is 39.0. The Labute approximate surface area is 407 Å².